The molecule has 0 bridgehead atoms. The van der Waals surface area contributed by atoms with E-state index in [1.54, 1.807) is 4.52 Å². The summed E-state index contributed by atoms with van der Waals surface area (Å²) in [6.07, 6.45) is 0.410. The number of nitrogens with zero attached hydrogens (tertiary/aromatic N) is 4. The molecule has 5 rings (SSSR count). The molecule has 9 heteroatoms. The van der Waals surface area contributed by atoms with E-state index in [4.69, 9.17) is 5.10 Å². The van der Waals surface area contributed by atoms with Crippen LogP contribution in [0.1, 0.15) is 5.56 Å². The summed E-state index contributed by atoms with van der Waals surface area (Å²) in [6.45, 7) is 0. The number of fused-ring (bicyclic) bond motifs is 4. The quantitative estimate of drug-likeness (QED) is 0.446. The van der Waals surface area contributed by atoms with Gasteiger partial charge in [-0.1, -0.05) is 30.3 Å². The summed E-state index contributed by atoms with van der Waals surface area (Å²) in [7, 11) is -3.33. The number of sulfone groups is 1. The van der Waals surface area contributed by atoms with E-state index in [1.807, 2.05) is 42.5 Å². The molecule has 0 spiro atoms. The maximum atomic E-state index is 12.6. The van der Waals surface area contributed by atoms with Crippen molar-refractivity contribution in [3.8, 4) is 22.6 Å². The molecule has 4 heterocycles. The van der Waals surface area contributed by atoms with Gasteiger partial charge in [-0.2, -0.15) is 9.61 Å². The van der Waals surface area contributed by atoms with Gasteiger partial charge in [-0.05, 0) is 40.0 Å². The number of rotatable bonds is 1. The summed E-state index contributed by atoms with van der Waals surface area (Å²) in [5.74, 6) is 0.698. The minimum atomic E-state index is -3.33. The van der Waals surface area contributed by atoms with Gasteiger partial charge in [-0.25, -0.2) is 8.42 Å². The van der Waals surface area contributed by atoms with Crippen molar-refractivity contribution in [1.29, 1.82) is 0 Å². The van der Waals surface area contributed by atoms with E-state index in [-0.39, 0.29) is 5.75 Å². The van der Waals surface area contributed by atoms with Gasteiger partial charge in [0.05, 0.1) is 15.2 Å². The second-order valence-corrected chi connectivity index (χ2v) is 10.7. The monoisotopic (exact) mass is 446 g/mol. The predicted molar refractivity (Wildman–Crippen MR) is 103 cm³/mol. The number of hydrogen-bond donors (Lipinski definition) is 0. The van der Waals surface area contributed by atoms with Gasteiger partial charge >= 0.3 is 0 Å². The Bertz CT molecular complexity index is 1260. The fourth-order valence-corrected chi connectivity index (χ4v) is 6.98. The first-order valence-corrected chi connectivity index (χ1v) is 11.1. The molecule has 3 aromatic heterocycles. The molecule has 0 N–H and O–H groups in total. The van der Waals surface area contributed by atoms with Gasteiger partial charge in [0.25, 0.3) is 0 Å². The summed E-state index contributed by atoms with van der Waals surface area (Å²) >= 11 is 4.64. The fourth-order valence-electron chi connectivity index (χ4n) is 3.13. The molecule has 6 nitrogen and oxygen atoms in total. The Morgan fingerprint density at radius 2 is 1.92 bits per heavy atom. The maximum Gasteiger partial charge on any atom is 0.188 e. The summed E-state index contributed by atoms with van der Waals surface area (Å²) in [6, 6.07) is 13.4. The molecule has 1 aliphatic rings. The van der Waals surface area contributed by atoms with Crippen LogP contribution in [0.2, 0.25) is 0 Å². The van der Waals surface area contributed by atoms with Gasteiger partial charge < -0.3 is 0 Å². The van der Waals surface area contributed by atoms with Crippen LogP contribution in [0, 0.1) is 0 Å². The zero-order chi connectivity index (χ0) is 17.9. The fraction of sp³-hybridized carbons (Fsp3) is 0.118. The van der Waals surface area contributed by atoms with Gasteiger partial charge in [0.1, 0.15) is 4.21 Å². The average Bonchev–Trinajstić information content (AvgIpc) is 3.21. The molecule has 1 aliphatic heterocycles. The van der Waals surface area contributed by atoms with Crippen molar-refractivity contribution in [2.45, 2.75) is 10.6 Å². The first-order valence-electron chi connectivity index (χ1n) is 7.86. The van der Waals surface area contributed by atoms with Crippen LogP contribution in [0.4, 0.5) is 0 Å². The minimum Gasteiger partial charge on any atom is -0.223 e. The smallest absolute Gasteiger partial charge is 0.188 e. The molecular formula is C17H11BrN4O2S2. The van der Waals surface area contributed by atoms with Crippen LogP contribution in [0.3, 0.4) is 0 Å². The molecule has 1 aromatic carbocycles. The predicted octanol–water partition coefficient (Wildman–Crippen LogP) is 3.61. The van der Waals surface area contributed by atoms with E-state index >= 15 is 0 Å². The van der Waals surface area contributed by atoms with Gasteiger partial charge in [0.15, 0.2) is 21.3 Å². The zero-order valence-electron chi connectivity index (χ0n) is 13.3. The normalized spacial score (nSPS) is 15.4. The molecule has 0 amide bonds. The summed E-state index contributed by atoms with van der Waals surface area (Å²) < 4.78 is 28.1. The maximum absolute atomic E-state index is 12.6. The third-order valence-corrected chi connectivity index (χ3v) is 8.32. The number of benzene rings is 1. The first-order chi connectivity index (χ1) is 12.5. The van der Waals surface area contributed by atoms with Crippen LogP contribution in [0.15, 0.2) is 50.5 Å². The van der Waals surface area contributed by atoms with Crippen LogP contribution >= 0.6 is 27.3 Å². The van der Waals surface area contributed by atoms with E-state index < -0.39 is 9.84 Å². The van der Waals surface area contributed by atoms with Crippen molar-refractivity contribution in [3.05, 3.63) is 51.8 Å². The number of aromatic nitrogens is 4. The molecule has 0 atom stereocenters. The summed E-state index contributed by atoms with van der Waals surface area (Å²) in [5, 5.41) is 13.2. The highest BCUT2D eigenvalue weighted by molar-refractivity contribution is 9.11. The lowest BCUT2D eigenvalue weighted by Gasteiger charge is -2.06. The molecule has 0 saturated carbocycles. The van der Waals surface area contributed by atoms with Crippen LogP contribution in [-0.2, 0) is 16.3 Å². The second kappa shape index (κ2) is 5.70. The van der Waals surface area contributed by atoms with Crippen molar-refractivity contribution in [3.63, 3.8) is 0 Å². The molecule has 4 aromatic rings. The van der Waals surface area contributed by atoms with Gasteiger partial charge in [0, 0.05) is 11.1 Å². The Balaban J connectivity index is 1.82. The molecular weight excluding hydrogens is 436 g/mol. The standard InChI is InChI=1S/C17H11BrN4O2S2/c18-13-9-12-15-11(6-7-26(23,24)17(12)25-13)8-14-19-20-16(22(14)21-15)10-4-2-1-3-5-10/h1-5,8-9H,6-7H2. The summed E-state index contributed by atoms with van der Waals surface area (Å²) in [4.78, 5) is 0. The van der Waals surface area contributed by atoms with Gasteiger partial charge in [0.2, 0.25) is 0 Å². The first kappa shape index (κ1) is 16.1. The number of aryl methyl sites for hydroxylation is 1. The third-order valence-electron chi connectivity index (χ3n) is 4.35. The molecule has 0 aliphatic carbocycles. The molecule has 0 unspecified atom stereocenters. The lowest BCUT2D eigenvalue weighted by Crippen LogP contribution is -2.06. The highest BCUT2D eigenvalue weighted by atomic mass is 79.9. The average molecular weight is 447 g/mol. The molecule has 26 heavy (non-hydrogen) atoms. The Morgan fingerprint density at radius 1 is 1.12 bits per heavy atom. The third kappa shape index (κ3) is 2.42. The van der Waals surface area contributed by atoms with Crippen molar-refractivity contribution in [1.82, 2.24) is 19.8 Å². The van der Waals surface area contributed by atoms with Crippen LogP contribution in [0.5, 0.6) is 0 Å². The minimum absolute atomic E-state index is 0.0670. The van der Waals surface area contributed by atoms with Gasteiger partial charge in [-0.15, -0.1) is 21.5 Å². The van der Waals surface area contributed by atoms with E-state index in [1.165, 1.54) is 11.3 Å². The lowest BCUT2D eigenvalue weighted by atomic mass is 10.1. The van der Waals surface area contributed by atoms with E-state index in [0.717, 1.165) is 14.9 Å². The SMILES string of the molecule is O=S1(=O)CCc2cc3nnc(-c4ccccc4)n3nc2-c2cc(Br)sc21. The second-order valence-electron chi connectivity index (χ2n) is 6.00. The zero-order valence-corrected chi connectivity index (χ0v) is 16.5. The number of hydrogen-bond acceptors (Lipinski definition) is 6. The van der Waals surface area contributed by atoms with Gasteiger partial charge in [-0.3, -0.25) is 0 Å². The molecule has 0 radical (unpaired) electrons. The lowest BCUT2D eigenvalue weighted by molar-refractivity contribution is 0.598. The number of halogens is 1. The van der Waals surface area contributed by atoms with Crippen molar-refractivity contribution in [2.75, 3.05) is 5.75 Å². The van der Waals surface area contributed by atoms with Crippen LogP contribution in [0.25, 0.3) is 28.3 Å². The Labute approximate surface area is 161 Å². The molecule has 0 saturated heterocycles. The van der Waals surface area contributed by atoms with Crippen LogP contribution < -0.4 is 0 Å². The molecule has 130 valence electrons. The highest BCUT2D eigenvalue weighted by Gasteiger charge is 2.30. The Morgan fingerprint density at radius 3 is 2.73 bits per heavy atom. The summed E-state index contributed by atoms with van der Waals surface area (Å²) in [5.41, 5.74) is 3.70. The van der Waals surface area contributed by atoms with Crippen molar-refractivity contribution < 1.29 is 8.42 Å². The van der Waals surface area contributed by atoms with E-state index in [9.17, 15) is 8.42 Å². The van der Waals surface area contributed by atoms with Crippen molar-refractivity contribution >= 4 is 42.8 Å². The topological polar surface area (TPSA) is 77.2 Å². The molecule has 0 fully saturated rings. The van der Waals surface area contributed by atoms with E-state index in [2.05, 4.69) is 26.1 Å². The van der Waals surface area contributed by atoms with Crippen molar-refractivity contribution in [2.24, 2.45) is 0 Å². The highest BCUT2D eigenvalue weighted by Crippen LogP contribution is 2.41. The largest absolute Gasteiger partial charge is 0.223 e. The Kier molecular flexibility index (Phi) is 3.53. The van der Waals surface area contributed by atoms with Crippen LogP contribution in [-0.4, -0.2) is 34.0 Å². The Hall–Kier alpha value is -2.10. The van der Waals surface area contributed by atoms with E-state index in [0.29, 0.717) is 33.4 Å². The number of thiophene rings is 1.